The fraction of sp³-hybridized carbons (Fsp3) is 0.286. The fourth-order valence-electron chi connectivity index (χ4n) is 2.61. The number of ether oxygens (including phenoxy) is 1. The zero-order valence-corrected chi connectivity index (χ0v) is 17.6. The first-order chi connectivity index (χ1) is 14.2. The second-order valence-electron chi connectivity index (χ2n) is 6.66. The molecule has 0 atom stereocenters. The Morgan fingerprint density at radius 1 is 1.13 bits per heavy atom. The highest BCUT2D eigenvalue weighted by Crippen LogP contribution is 2.24. The van der Waals surface area contributed by atoms with Crippen LogP contribution in [0.25, 0.3) is 0 Å². The van der Waals surface area contributed by atoms with Gasteiger partial charge in [0.1, 0.15) is 12.4 Å². The van der Waals surface area contributed by atoms with Crippen molar-refractivity contribution in [2.75, 3.05) is 12.1 Å². The number of urea groups is 1. The van der Waals surface area contributed by atoms with E-state index in [9.17, 15) is 9.18 Å². The average molecular weight is 414 g/mol. The molecule has 2 amide bonds. The van der Waals surface area contributed by atoms with E-state index in [0.29, 0.717) is 23.7 Å². The highest BCUT2D eigenvalue weighted by molar-refractivity contribution is 5.99. The molecule has 0 saturated carbocycles. The molecule has 0 aliphatic heterocycles. The Bertz CT molecular complexity index is 941. The summed E-state index contributed by atoms with van der Waals surface area (Å²) in [5.74, 6) is 11.6. The maximum atomic E-state index is 13.1. The van der Waals surface area contributed by atoms with Crippen LogP contribution in [0, 0.1) is 12.7 Å². The number of hydrazine groups is 2. The summed E-state index contributed by atoms with van der Waals surface area (Å²) < 4.78 is 18.9. The number of nitrogens with two attached hydrogens (primary N) is 2. The van der Waals surface area contributed by atoms with Crippen molar-refractivity contribution in [3.8, 4) is 0 Å². The zero-order chi connectivity index (χ0) is 22.3. The Kier molecular flexibility index (Phi) is 8.02. The standard InChI is InChI=1S/C21H27FN6O2/c1-5-20(26-25-15(3)16-9-11-17(22)12-10-16)30-13-18-14(2)7-6-8-19(18)28(24)21(29)27(4)23/h6-12H,5,13,23-24H2,1-4H3/b25-15-,26-20?. The molecule has 0 fully saturated rings. The molecule has 0 aromatic heterocycles. The van der Waals surface area contributed by atoms with Crippen LogP contribution in [-0.2, 0) is 11.3 Å². The highest BCUT2D eigenvalue weighted by atomic mass is 19.1. The second-order valence-corrected chi connectivity index (χ2v) is 6.66. The minimum Gasteiger partial charge on any atom is -0.475 e. The average Bonchev–Trinajstić information content (AvgIpc) is 2.73. The van der Waals surface area contributed by atoms with Gasteiger partial charge in [0.2, 0.25) is 5.90 Å². The minimum atomic E-state index is -0.564. The Morgan fingerprint density at radius 2 is 1.80 bits per heavy atom. The molecule has 4 N–H and O–H groups in total. The van der Waals surface area contributed by atoms with Gasteiger partial charge in [-0.1, -0.05) is 31.2 Å². The molecule has 0 heterocycles. The van der Waals surface area contributed by atoms with Crippen molar-refractivity contribution in [2.24, 2.45) is 21.9 Å². The van der Waals surface area contributed by atoms with Crippen LogP contribution in [0.15, 0.2) is 52.7 Å². The Hall–Kier alpha value is -3.30. The SMILES string of the molecule is CCC(=N/N=C(/C)c1ccc(F)cc1)OCc1c(C)cccc1N(N)C(=O)N(C)N. The number of aryl methyl sites for hydroxylation is 1. The summed E-state index contributed by atoms with van der Waals surface area (Å²) in [4.78, 5) is 12.1. The van der Waals surface area contributed by atoms with Gasteiger partial charge in [-0.3, -0.25) is 5.01 Å². The quantitative estimate of drug-likeness (QED) is 0.248. The molecular weight excluding hydrogens is 387 g/mol. The summed E-state index contributed by atoms with van der Waals surface area (Å²) in [7, 11) is 1.41. The molecule has 0 unspecified atom stereocenters. The van der Waals surface area contributed by atoms with Gasteiger partial charge in [-0.05, 0) is 43.2 Å². The van der Waals surface area contributed by atoms with Crippen molar-refractivity contribution >= 4 is 23.3 Å². The number of carbonyl (C=O) groups is 1. The van der Waals surface area contributed by atoms with Crippen LogP contribution in [-0.4, -0.2) is 29.7 Å². The van der Waals surface area contributed by atoms with Gasteiger partial charge in [0.05, 0.1) is 11.4 Å². The van der Waals surface area contributed by atoms with E-state index < -0.39 is 6.03 Å². The van der Waals surface area contributed by atoms with E-state index in [1.807, 2.05) is 19.9 Å². The summed E-state index contributed by atoms with van der Waals surface area (Å²) in [5.41, 5.74) is 3.51. The fourth-order valence-corrected chi connectivity index (χ4v) is 2.61. The van der Waals surface area contributed by atoms with E-state index in [1.165, 1.54) is 19.2 Å². The first kappa shape index (κ1) is 23.0. The minimum absolute atomic E-state index is 0.148. The lowest BCUT2D eigenvalue weighted by molar-refractivity contribution is 0.216. The molecule has 9 heteroatoms. The predicted molar refractivity (Wildman–Crippen MR) is 116 cm³/mol. The Morgan fingerprint density at radius 3 is 2.40 bits per heavy atom. The predicted octanol–water partition coefficient (Wildman–Crippen LogP) is 3.49. The van der Waals surface area contributed by atoms with E-state index in [4.69, 9.17) is 16.4 Å². The normalized spacial score (nSPS) is 12.0. The van der Waals surface area contributed by atoms with Gasteiger partial charge in [-0.15, -0.1) is 5.10 Å². The molecule has 2 rings (SSSR count). The number of carbonyl (C=O) groups excluding carboxylic acids is 1. The number of hydrogen-bond donors (Lipinski definition) is 2. The summed E-state index contributed by atoms with van der Waals surface area (Å²) in [6.45, 7) is 5.72. The van der Waals surface area contributed by atoms with Crippen molar-refractivity contribution in [3.05, 3.63) is 65.0 Å². The summed E-state index contributed by atoms with van der Waals surface area (Å²) >= 11 is 0. The highest BCUT2D eigenvalue weighted by Gasteiger charge is 2.19. The first-order valence-corrected chi connectivity index (χ1v) is 9.40. The number of nitrogens with zero attached hydrogens (tertiary/aromatic N) is 4. The van der Waals surface area contributed by atoms with Crippen LogP contribution < -0.4 is 16.7 Å². The van der Waals surface area contributed by atoms with Crippen molar-refractivity contribution < 1.29 is 13.9 Å². The number of anilines is 1. The molecule has 0 bridgehead atoms. The number of amides is 2. The molecule has 30 heavy (non-hydrogen) atoms. The lowest BCUT2D eigenvalue weighted by Gasteiger charge is -2.24. The van der Waals surface area contributed by atoms with Crippen LogP contribution in [0.4, 0.5) is 14.9 Å². The number of halogens is 1. The van der Waals surface area contributed by atoms with E-state index in [1.54, 1.807) is 31.2 Å². The zero-order valence-electron chi connectivity index (χ0n) is 17.6. The van der Waals surface area contributed by atoms with Gasteiger partial charge in [-0.2, -0.15) is 5.10 Å². The van der Waals surface area contributed by atoms with Crippen LogP contribution >= 0.6 is 0 Å². The maximum absolute atomic E-state index is 13.1. The Balaban J connectivity index is 2.20. The number of rotatable bonds is 6. The van der Waals surface area contributed by atoms with Crippen molar-refractivity contribution in [3.63, 3.8) is 0 Å². The molecule has 2 aromatic rings. The third-order valence-electron chi connectivity index (χ3n) is 4.41. The van der Waals surface area contributed by atoms with E-state index >= 15 is 0 Å². The number of hydrogen-bond acceptors (Lipinski definition) is 6. The van der Waals surface area contributed by atoms with Crippen molar-refractivity contribution in [1.82, 2.24) is 5.01 Å². The van der Waals surface area contributed by atoms with Crippen molar-refractivity contribution in [2.45, 2.75) is 33.8 Å². The van der Waals surface area contributed by atoms with Gasteiger partial charge in [0.15, 0.2) is 0 Å². The first-order valence-electron chi connectivity index (χ1n) is 9.40. The maximum Gasteiger partial charge on any atom is 0.352 e. The molecule has 2 aromatic carbocycles. The van der Waals surface area contributed by atoms with E-state index in [-0.39, 0.29) is 12.4 Å². The topological polar surface area (TPSA) is 110 Å². The van der Waals surface area contributed by atoms with E-state index in [2.05, 4.69) is 10.2 Å². The summed E-state index contributed by atoms with van der Waals surface area (Å²) in [5, 5.41) is 10.2. The Labute approximate surface area is 175 Å². The van der Waals surface area contributed by atoms with Crippen LogP contribution in [0.1, 0.15) is 37.0 Å². The van der Waals surface area contributed by atoms with Gasteiger partial charge < -0.3 is 4.74 Å². The van der Waals surface area contributed by atoms with Crippen LogP contribution in [0.2, 0.25) is 0 Å². The van der Waals surface area contributed by atoms with Crippen molar-refractivity contribution in [1.29, 1.82) is 0 Å². The lowest BCUT2D eigenvalue weighted by Crippen LogP contribution is -2.49. The molecule has 0 saturated heterocycles. The third-order valence-corrected chi connectivity index (χ3v) is 4.41. The largest absolute Gasteiger partial charge is 0.475 e. The summed E-state index contributed by atoms with van der Waals surface area (Å²) in [6, 6.07) is 10.8. The third kappa shape index (κ3) is 5.85. The molecule has 0 aliphatic rings. The lowest BCUT2D eigenvalue weighted by atomic mass is 10.1. The molecule has 0 radical (unpaired) electrons. The summed E-state index contributed by atoms with van der Waals surface area (Å²) in [6.07, 6.45) is 0.512. The van der Waals surface area contributed by atoms with Crippen LogP contribution in [0.3, 0.4) is 0 Å². The number of benzene rings is 2. The molecule has 0 aliphatic carbocycles. The van der Waals surface area contributed by atoms with E-state index in [0.717, 1.165) is 26.7 Å². The van der Waals surface area contributed by atoms with Gasteiger partial charge >= 0.3 is 6.03 Å². The molecule has 8 nitrogen and oxygen atoms in total. The van der Waals surface area contributed by atoms with Gasteiger partial charge in [0, 0.05) is 19.0 Å². The second kappa shape index (κ2) is 10.5. The van der Waals surface area contributed by atoms with Gasteiger partial charge in [0.25, 0.3) is 0 Å². The van der Waals surface area contributed by atoms with Gasteiger partial charge in [-0.25, -0.2) is 25.9 Å². The smallest absolute Gasteiger partial charge is 0.352 e. The monoisotopic (exact) mass is 414 g/mol. The molecule has 0 spiro atoms. The molecular formula is C21H27FN6O2. The molecule has 160 valence electrons. The van der Waals surface area contributed by atoms with Crippen LogP contribution in [0.5, 0.6) is 0 Å².